The topological polar surface area (TPSA) is 74.6 Å². The molecule has 0 amide bonds. The van der Waals surface area contributed by atoms with Crippen LogP contribution < -0.4 is 0 Å². The maximum atomic E-state index is 10.3. The van der Waals surface area contributed by atoms with Crippen molar-refractivity contribution >= 4 is 11.9 Å². The molecule has 1 unspecified atom stereocenters. The molecule has 0 aromatic carbocycles. The Bertz CT molecular complexity index is 596. The monoisotopic (exact) mass is 579 g/mol. The van der Waals surface area contributed by atoms with Crippen LogP contribution in [-0.4, -0.2) is 22.2 Å². The highest BCUT2D eigenvalue weighted by Crippen LogP contribution is 2.16. The number of aliphatic carboxylic acids is 2. The maximum Gasteiger partial charge on any atom is 0.328 e. The number of hydrogen-bond acceptors (Lipinski definition) is 2. The molecule has 0 spiro atoms. The number of carbonyl (C=O) groups is 2. The standard InChI is InChI=1S/C20H36O2.C17H34O2/c1-2-3-4-5-6-7-8-9-10-11-12-13-14-15-16-17-18-19-20(21)22;1-3-16(2)14-12-10-8-6-4-5-7-9-11-13-15-17(18)19/h16-19H,2-15H2,1H3,(H,21,22);16H,3-15H2,1-2H3,(H,18,19)/b17-16+,19-18+;. The van der Waals surface area contributed by atoms with Gasteiger partial charge in [0.2, 0.25) is 0 Å². The van der Waals surface area contributed by atoms with E-state index in [1.165, 1.54) is 154 Å². The van der Waals surface area contributed by atoms with Gasteiger partial charge in [-0.3, -0.25) is 4.79 Å². The van der Waals surface area contributed by atoms with E-state index in [1.807, 2.05) is 6.08 Å². The van der Waals surface area contributed by atoms with Crippen LogP contribution in [0.15, 0.2) is 24.3 Å². The highest BCUT2D eigenvalue weighted by atomic mass is 16.4. The van der Waals surface area contributed by atoms with E-state index in [1.54, 1.807) is 6.08 Å². The fourth-order valence-corrected chi connectivity index (χ4v) is 4.98. The predicted octanol–water partition coefficient (Wildman–Crippen LogP) is 12.5. The van der Waals surface area contributed by atoms with Gasteiger partial charge in [0.25, 0.3) is 0 Å². The Balaban J connectivity index is 0. The van der Waals surface area contributed by atoms with Gasteiger partial charge in [0.15, 0.2) is 0 Å². The van der Waals surface area contributed by atoms with E-state index in [2.05, 4.69) is 26.8 Å². The smallest absolute Gasteiger partial charge is 0.328 e. The van der Waals surface area contributed by atoms with Crippen molar-refractivity contribution in [3.05, 3.63) is 24.3 Å². The van der Waals surface area contributed by atoms with Gasteiger partial charge in [-0.25, -0.2) is 4.79 Å². The molecular formula is C37H70O4. The molecule has 0 aliphatic carbocycles. The number of hydrogen-bond donors (Lipinski definition) is 2. The van der Waals surface area contributed by atoms with Crippen LogP contribution in [0.3, 0.4) is 0 Å². The quantitative estimate of drug-likeness (QED) is 0.0505. The van der Waals surface area contributed by atoms with E-state index < -0.39 is 11.9 Å². The molecule has 4 heteroatoms. The van der Waals surface area contributed by atoms with Crippen LogP contribution in [0.4, 0.5) is 0 Å². The third-order valence-corrected chi connectivity index (χ3v) is 7.99. The predicted molar refractivity (Wildman–Crippen MR) is 179 cm³/mol. The largest absolute Gasteiger partial charge is 0.481 e. The molecule has 0 aliphatic rings. The molecule has 0 rings (SSSR count). The molecule has 0 aliphatic heterocycles. The molecule has 0 aromatic heterocycles. The Morgan fingerprint density at radius 1 is 0.561 bits per heavy atom. The summed E-state index contributed by atoms with van der Waals surface area (Å²) in [6.45, 7) is 6.90. The fourth-order valence-electron chi connectivity index (χ4n) is 4.98. The molecule has 0 saturated heterocycles. The van der Waals surface area contributed by atoms with Gasteiger partial charge in [0.05, 0.1) is 0 Å². The summed E-state index contributed by atoms with van der Waals surface area (Å²) >= 11 is 0. The lowest BCUT2D eigenvalue weighted by molar-refractivity contribution is -0.137. The molecule has 41 heavy (non-hydrogen) atoms. The van der Waals surface area contributed by atoms with Crippen LogP contribution >= 0.6 is 0 Å². The van der Waals surface area contributed by atoms with E-state index in [-0.39, 0.29) is 0 Å². The summed E-state index contributed by atoms with van der Waals surface area (Å²) in [5, 5.41) is 16.9. The van der Waals surface area contributed by atoms with Gasteiger partial charge in [0.1, 0.15) is 0 Å². The van der Waals surface area contributed by atoms with E-state index in [0.29, 0.717) is 6.42 Å². The van der Waals surface area contributed by atoms with Gasteiger partial charge in [-0.1, -0.05) is 187 Å². The van der Waals surface area contributed by atoms with Crippen molar-refractivity contribution in [3.8, 4) is 0 Å². The molecule has 0 radical (unpaired) electrons. The molecule has 1 atom stereocenters. The van der Waals surface area contributed by atoms with E-state index in [4.69, 9.17) is 10.2 Å². The number of unbranched alkanes of at least 4 members (excludes halogenated alkanes) is 22. The molecular weight excluding hydrogens is 508 g/mol. The van der Waals surface area contributed by atoms with Gasteiger partial charge in [0, 0.05) is 12.5 Å². The van der Waals surface area contributed by atoms with Crippen molar-refractivity contribution in [2.75, 3.05) is 0 Å². The molecule has 0 heterocycles. The second kappa shape index (κ2) is 36.4. The van der Waals surface area contributed by atoms with Crippen LogP contribution in [-0.2, 0) is 9.59 Å². The second-order valence-electron chi connectivity index (χ2n) is 12.1. The first-order valence-electron chi connectivity index (χ1n) is 17.7. The lowest BCUT2D eigenvalue weighted by Crippen LogP contribution is -1.93. The zero-order chi connectivity index (χ0) is 30.7. The molecule has 242 valence electrons. The van der Waals surface area contributed by atoms with Gasteiger partial charge >= 0.3 is 11.9 Å². The summed E-state index contributed by atoms with van der Waals surface area (Å²) in [7, 11) is 0. The second-order valence-corrected chi connectivity index (χ2v) is 12.1. The number of rotatable bonds is 30. The minimum absolute atomic E-state index is 0.343. The molecule has 0 aromatic rings. The summed E-state index contributed by atoms with van der Waals surface area (Å²) in [5.41, 5.74) is 0. The Kier molecular flexibility index (Phi) is 36.9. The highest BCUT2D eigenvalue weighted by Gasteiger charge is 1.99. The Morgan fingerprint density at radius 2 is 0.976 bits per heavy atom. The summed E-state index contributed by atoms with van der Waals surface area (Å²) in [5.74, 6) is -0.631. The van der Waals surface area contributed by atoms with Crippen molar-refractivity contribution in [1.29, 1.82) is 0 Å². The normalized spacial score (nSPS) is 12.1. The number of allylic oxidation sites excluding steroid dienone is 3. The third-order valence-electron chi connectivity index (χ3n) is 7.99. The first-order valence-corrected chi connectivity index (χ1v) is 17.7. The van der Waals surface area contributed by atoms with Gasteiger partial charge in [-0.2, -0.15) is 0 Å². The first kappa shape index (κ1) is 41.6. The van der Waals surface area contributed by atoms with Crippen molar-refractivity contribution in [2.24, 2.45) is 5.92 Å². The van der Waals surface area contributed by atoms with Crippen molar-refractivity contribution in [2.45, 2.75) is 194 Å². The summed E-state index contributed by atoms with van der Waals surface area (Å²) < 4.78 is 0. The van der Waals surface area contributed by atoms with Crippen LogP contribution in [0.5, 0.6) is 0 Å². The van der Waals surface area contributed by atoms with Crippen LogP contribution in [0.2, 0.25) is 0 Å². The average molecular weight is 579 g/mol. The van der Waals surface area contributed by atoms with Crippen molar-refractivity contribution < 1.29 is 19.8 Å². The highest BCUT2D eigenvalue weighted by molar-refractivity contribution is 5.80. The summed E-state index contributed by atoms with van der Waals surface area (Å²) in [6.07, 6.45) is 41.4. The SMILES string of the molecule is CCC(C)CCCCCCCCCCCCC(=O)O.CCCCCCCCCCCCCCC/C=C/C=C/C(=O)O. The molecule has 2 N–H and O–H groups in total. The lowest BCUT2D eigenvalue weighted by atomic mass is 9.99. The van der Waals surface area contributed by atoms with Gasteiger partial charge < -0.3 is 10.2 Å². The Morgan fingerprint density at radius 3 is 1.39 bits per heavy atom. The third kappa shape index (κ3) is 43.0. The van der Waals surface area contributed by atoms with Gasteiger partial charge in [-0.05, 0) is 25.2 Å². The van der Waals surface area contributed by atoms with Gasteiger partial charge in [-0.15, -0.1) is 0 Å². The number of carboxylic acid groups (broad SMARTS) is 2. The van der Waals surface area contributed by atoms with Crippen molar-refractivity contribution in [3.63, 3.8) is 0 Å². The first-order chi connectivity index (χ1) is 19.9. The van der Waals surface area contributed by atoms with E-state index in [0.717, 1.165) is 25.2 Å². The zero-order valence-electron chi connectivity index (χ0n) is 27.7. The fraction of sp³-hybridized carbons (Fsp3) is 0.838. The minimum Gasteiger partial charge on any atom is -0.481 e. The lowest BCUT2D eigenvalue weighted by Gasteiger charge is -2.07. The van der Waals surface area contributed by atoms with Crippen LogP contribution in [0.1, 0.15) is 194 Å². The Hall–Kier alpha value is -1.58. The van der Waals surface area contributed by atoms with Crippen molar-refractivity contribution in [1.82, 2.24) is 0 Å². The van der Waals surface area contributed by atoms with E-state index in [9.17, 15) is 9.59 Å². The zero-order valence-corrected chi connectivity index (χ0v) is 27.7. The van der Waals surface area contributed by atoms with Crippen LogP contribution in [0.25, 0.3) is 0 Å². The summed E-state index contributed by atoms with van der Waals surface area (Å²) in [6, 6.07) is 0. The Labute approximate surface area is 255 Å². The average Bonchev–Trinajstić information content (AvgIpc) is 2.95. The minimum atomic E-state index is -0.884. The molecule has 0 saturated carbocycles. The summed E-state index contributed by atoms with van der Waals surface area (Å²) in [4.78, 5) is 20.6. The maximum absolute atomic E-state index is 10.3. The van der Waals surface area contributed by atoms with Crippen LogP contribution in [0, 0.1) is 5.92 Å². The molecule has 0 bridgehead atoms. The molecule has 0 fully saturated rings. The van der Waals surface area contributed by atoms with E-state index >= 15 is 0 Å². The number of carboxylic acids is 2. The molecule has 4 nitrogen and oxygen atoms in total.